The molecule has 3 heterocycles. The molecule has 1 N–H and O–H groups in total. The van der Waals surface area contributed by atoms with Gasteiger partial charge >= 0.3 is 0 Å². The average molecular weight is 304 g/mol. The second-order valence-electron chi connectivity index (χ2n) is 7.18. The van der Waals surface area contributed by atoms with Crippen LogP contribution in [0.3, 0.4) is 0 Å². The number of nitrogens with one attached hydrogen (secondary N) is 1. The zero-order valence-corrected chi connectivity index (χ0v) is 14.1. The van der Waals surface area contributed by atoms with Gasteiger partial charge in [-0.2, -0.15) is 5.10 Å². The minimum atomic E-state index is -0.0831. The maximum absolute atomic E-state index is 12.0. The zero-order valence-electron chi connectivity index (χ0n) is 14.1. The van der Waals surface area contributed by atoms with Gasteiger partial charge in [-0.3, -0.25) is 14.4 Å². The van der Waals surface area contributed by atoms with Crippen molar-refractivity contribution in [3.05, 3.63) is 17.5 Å². The Hall–Kier alpha value is -1.36. The van der Waals surface area contributed by atoms with E-state index < -0.39 is 0 Å². The second-order valence-corrected chi connectivity index (χ2v) is 7.18. The fraction of sp³-hybridized carbons (Fsp3) is 0.765. The Morgan fingerprint density at radius 2 is 2.23 bits per heavy atom. The van der Waals surface area contributed by atoms with Crippen molar-refractivity contribution in [1.29, 1.82) is 0 Å². The molecule has 122 valence electrons. The SMILES string of the molecule is Cc1c(CN2CCCC[C@]3(C)NC(=O)CCC[C@H]23)cnn1C. The number of hydrogen-bond donors (Lipinski definition) is 1. The first-order valence-electron chi connectivity index (χ1n) is 8.52. The summed E-state index contributed by atoms with van der Waals surface area (Å²) in [4.78, 5) is 14.6. The van der Waals surface area contributed by atoms with Gasteiger partial charge in [0.1, 0.15) is 0 Å². The number of nitrogens with zero attached hydrogens (tertiary/aromatic N) is 3. The molecule has 2 fully saturated rings. The third kappa shape index (κ3) is 2.91. The van der Waals surface area contributed by atoms with Crippen LogP contribution in [0.2, 0.25) is 0 Å². The smallest absolute Gasteiger partial charge is 0.220 e. The summed E-state index contributed by atoms with van der Waals surface area (Å²) in [6.45, 7) is 6.43. The Bertz CT molecular complexity index is 553. The standard InChI is InChI=1S/C17H28N4O/c1-13-14(11-18-20(13)3)12-21-10-5-4-9-17(2)15(21)7-6-8-16(22)19-17/h11,15H,4-10,12H2,1-3H3,(H,19,22)/t15-,17-/m0/s1. The summed E-state index contributed by atoms with van der Waals surface area (Å²) in [6.07, 6.45) is 8.25. The predicted octanol–water partition coefficient (Wildman–Crippen LogP) is 2.14. The molecule has 0 unspecified atom stereocenters. The molecule has 2 aliphatic rings. The zero-order chi connectivity index (χ0) is 15.7. The van der Waals surface area contributed by atoms with Gasteiger partial charge in [-0.25, -0.2) is 0 Å². The highest BCUT2D eigenvalue weighted by atomic mass is 16.1. The minimum Gasteiger partial charge on any atom is -0.349 e. The first kappa shape index (κ1) is 15.5. The number of carbonyl (C=O) groups excluding carboxylic acids is 1. The van der Waals surface area contributed by atoms with Crippen molar-refractivity contribution >= 4 is 5.91 Å². The highest BCUT2D eigenvalue weighted by molar-refractivity contribution is 5.77. The Kier molecular flexibility index (Phi) is 4.26. The van der Waals surface area contributed by atoms with Crippen LogP contribution in [0.4, 0.5) is 0 Å². The second kappa shape index (κ2) is 6.03. The van der Waals surface area contributed by atoms with E-state index in [9.17, 15) is 4.79 Å². The van der Waals surface area contributed by atoms with E-state index in [1.54, 1.807) is 0 Å². The Morgan fingerprint density at radius 1 is 1.41 bits per heavy atom. The molecule has 0 radical (unpaired) electrons. The highest BCUT2D eigenvalue weighted by Gasteiger charge is 2.41. The third-order valence-corrected chi connectivity index (χ3v) is 5.58. The first-order valence-corrected chi connectivity index (χ1v) is 8.52. The van der Waals surface area contributed by atoms with Crippen molar-refractivity contribution in [3.63, 3.8) is 0 Å². The number of hydrogen-bond acceptors (Lipinski definition) is 3. The molecule has 2 aliphatic heterocycles. The minimum absolute atomic E-state index is 0.0831. The van der Waals surface area contributed by atoms with E-state index in [1.807, 2.05) is 17.9 Å². The molecular formula is C17H28N4O. The predicted molar refractivity (Wildman–Crippen MR) is 86.4 cm³/mol. The summed E-state index contributed by atoms with van der Waals surface area (Å²) in [5.74, 6) is 0.226. The lowest BCUT2D eigenvalue weighted by molar-refractivity contribution is -0.122. The van der Waals surface area contributed by atoms with Crippen molar-refractivity contribution in [2.75, 3.05) is 6.54 Å². The van der Waals surface area contributed by atoms with Crippen LogP contribution in [0.5, 0.6) is 0 Å². The van der Waals surface area contributed by atoms with E-state index in [0.717, 1.165) is 32.4 Å². The maximum Gasteiger partial charge on any atom is 0.220 e. The quantitative estimate of drug-likeness (QED) is 0.911. The van der Waals surface area contributed by atoms with Crippen molar-refractivity contribution in [2.45, 2.75) is 70.5 Å². The molecule has 1 aromatic rings. The van der Waals surface area contributed by atoms with E-state index in [2.05, 4.69) is 29.2 Å². The van der Waals surface area contributed by atoms with E-state index in [4.69, 9.17) is 0 Å². The van der Waals surface area contributed by atoms with E-state index in [0.29, 0.717) is 12.5 Å². The number of likely N-dealkylation sites (tertiary alicyclic amines) is 1. The molecule has 3 rings (SSSR count). The average Bonchev–Trinajstić information content (AvgIpc) is 2.62. The van der Waals surface area contributed by atoms with Crippen LogP contribution in [-0.4, -0.2) is 38.7 Å². The normalized spacial score (nSPS) is 30.3. The van der Waals surface area contributed by atoms with Crippen LogP contribution >= 0.6 is 0 Å². The number of rotatable bonds is 2. The molecule has 0 saturated carbocycles. The summed E-state index contributed by atoms with van der Waals surface area (Å²) in [5.41, 5.74) is 2.46. The van der Waals surface area contributed by atoms with Gasteiger partial charge in [-0.15, -0.1) is 0 Å². The largest absolute Gasteiger partial charge is 0.349 e. The molecule has 0 aliphatic carbocycles. The summed E-state index contributed by atoms with van der Waals surface area (Å²) >= 11 is 0. The molecule has 5 nitrogen and oxygen atoms in total. The molecular weight excluding hydrogens is 276 g/mol. The molecule has 5 heteroatoms. The summed E-state index contributed by atoms with van der Waals surface area (Å²) in [7, 11) is 2.00. The van der Waals surface area contributed by atoms with Gasteiger partial charge in [0.25, 0.3) is 0 Å². The molecule has 1 amide bonds. The lowest BCUT2D eigenvalue weighted by Gasteiger charge is -2.41. The molecule has 0 spiro atoms. The summed E-state index contributed by atoms with van der Waals surface area (Å²) in [6, 6.07) is 0.432. The van der Waals surface area contributed by atoms with Crippen LogP contribution < -0.4 is 5.32 Å². The molecule has 2 saturated heterocycles. The topological polar surface area (TPSA) is 50.2 Å². The highest BCUT2D eigenvalue weighted by Crippen LogP contribution is 2.33. The molecule has 22 heavy (non-hydrogen) atoms. The van der Waals surface area contributed by atoms with Crippen LogP contribution in [-0.2, 0) is 18.4 Å². The third-order valence-electron chi connectivity index (χ3n) is 5.58. The Morgan fingerprint density at radius 3 is 2.95 bits per heavy atom. The summed E-state index contributed by atoms with van der Waals surface area (Å²) in [5, 5.41) is 7.71. The number of aromatic nitrogens is 2. The Labute approximate surface area is 133 Å². The van der Waals surface area contributed by atoms with Gasteiger partial charge in [0.15, 0.2) is 0 Å². The summed E-state index contributed by atoms with van der Waals surface area (Å²) < 4.78 is 1.95. The van der Waals surface area contributed by atoms with Crippen molar-refractivity contribution in [1.82, 2.24) is 20.0 Å². The van der Waals surface area contributed by atoms with Gasteiger partial charge in [-0.1, -0.05) is 0 Å². The molecule has 1 aromatic heterocycles. The van der Waals surface area contributed by atoms with Gasteiger partial charge < -0.3 is 5.32 Å². The van der Waals surface area contributed by atoms with Crippen LogP contribution in [0.1, 0.15) is 56.7 Å². The van der Waals surface area contributed by atoms with E-state index in [-0.39, 0.29) is 11.4 Å². The fourth-order valence-corrected chi connectivity index (χ4v) is 4.12. The number of aryl methyl sites for hydroxylation is 1. The lowest BCUT2D eigenvalue weighted by Crippen LogP contribution is -2.58. The van der Waals surface area contributed by atoms with Gasteiger partial charge in [0.2, 0.25) is 5.91 Å². The first-order chi connectivity index (χ1) is 10.5. The maximum atomic E-state index is 12.0. The molecule has 0 aromatic carbocycles. The number of fused-ring (bicyclic) bond motifs is 1. The van der Waals surface area contributed by atoms with Crippen LogP contribution in [0.25, 0.3) is 0 Å². The van der Waals surface area contributed by atoms with Crippen LogP contribution in [0, 0.1) is 6.92 Å². The van der Waals surface area contributed by atoms with Crippen LogP contribution in [0.15, 0.2) is 6.20 Å². The van der Waals surface area contributed by atoms with E-state index in [1.165, 1.54) is 24.1 Å². The van der Waals surface area contributed by atoms with E-state index >= 15 is 0 Å². The van der Waals surface area contributed by atoms with Crippen molar-refractivity contribution in [2.24, 2.45) is 7.05 Å². The molecule has 0 bridgehead atoms. The Balaban J connectivity index is 1.85. The van der Waals surface area contributed by atoms with Gasteiger partial charge in [0.05, 0.1) is 11.7 Å². The number of amides is 1. The fourth-order valence-electron chi connectivity index (χ4n) is 4.12. The monoisotopic (exact) mass is 304 g/mol. The lowest BCUT2D eigenvalue weighted by atomic mass is 9.85. The number of carbonyl (C=O) groups is 1. The van der Waals surface area contributed by atoms with Gasteiger partial charge in [0, 0.05) is 37.3 Å². The van der Waals surface area contributed by atoms with Crippen molar-refractivity contribution < 1.29 is 4.79 Å². The van der Waals surface area contributed by atoms with Gasteiger partial charge in [-0.05, 0) is 52.5 Å². The van der Waals surface area contributed by atoms with Crippen molar-refractivity contribution in [3.8, 4) is 0 Å². The molecule has 2 atom stereocenters.